The van der Waals surface area contributed by atoms with Gasteiger partial charge in [-0.1, -0.05) is 23.7 Å². The Hall–Kier alpha value is -0.610. The molecule has 0 aromatic heterocycles. The molecule has 0 bridgehead atoms. The Morgan fingerprint density at radius 2 is 1.90 bits per heavy atom. The van der Waals surface area contributed by atoms with Crippen LogP contribution in [0, 0.1) is 6.92 Å². The van der Waals surface area contributed by atoms with Gasteiger partial charge in [0.1, 0.15) is 0 Å². The summed E-state index contributed by atoms with van der Waals surface area (Å²) in [6, 6.07) is 7.67. The van der Waals surface area contributed by atoms with Crippen LogP contribution in [0.3, 0.4) is 0 Å². The fraction of sp³-hybridized carbons (Fsp3) is 0.625. The average Bonchev–Trinajstić information content (AvgIpc) is 2.41. The van der Waals surface area contributed by atoms with Crippen molar-refractivity contribution in [2.75, 3.05) is 26.7 Å². The summed E-state index contributed by atoms with van der Waals surface area (Å²) in [5.41, 5.74) is 8.40. The second-order valence-electron chi connectivity index (χ2n) is 6.08. The lowest BCUT2D eigenvalue weighted by atomic mass is 10.00. The van der Waals surface area contributed by atoms with Gasteiger partial charge in [-0.15, -0.1) is 0 Å². The predicted molar refractivity (Wildman–Crippen MR) is 86.2 cm³/mol. The summed E-state index contributed by atoms with van der Waals surface area (Å²) >= 11 is 6.27. The minimum absolute atomic E-state index is 0.256. The summed E-state index contributed by atoms with van der Waals surface area (Å²) < 4.78 is 0. The Morgan fingerprint density at radius 1 is 1.30 bits per heavy atom. The van der Waals surface area contributed by atoms with Crippen molar-refractivity contribution in [3.05, 3.63) is 34.3 Å². The SMILES string of the molecule is Cc1ccc(C(CN)N2CC(C)N(C)C(C)C2)cc1Cl. The molecule has 0 aliphatic carbocycles. The molecule has 3 atom stereocenters. The number of nitrogens with two attached hydrogens (primary N) is 1. The second-order valence-corrected chi connectivity index (χ2v) is 6.48. The van der Waals surface area contributed by atoms with Crippen LogP contribution in [0.5, 0.6) is 0 Å². The zero-order valence-corrected chi connectivity index (χ0v) is 13.7. The monoisotopic (exact) mass is 295 g/mol. The Bertz CT molecular complexity index is 451. The number of benzene rings is 1. The molecule has 3 unspecified atom stereocenters. The molecule has 0 amide bonds. The van der Waals surface area contributed by atoms with Crippen molar-refractivity contribution >= 4 is 11.6 Å². The summed E-state index contributed by atoms with van der Waals surface area (Å²) in [5.74, 6) is 0. The largest absolute Gasteiger partial charge is 0.329 e. The molecule has 20 heavy (non-hydrogen) atoms. The van der Waals surface area contributed by atoms with Gasteiger partial charge in [-0.25, -0.2) is 0 Å². The first-order valence-electron chi connectivity index (χ1n) is 7.36. The van der Waals surface area contributed by atoms with Crippen molar-refractivity contribution in [3.63, 3.8) is 0 Å². The third-order valence-electron chi connectivity index (χ3n) is 4.63. The van der Waals surface area contributed by atoms with Crippen molar-refractivity contribution < 1.29 is 0 Å². The molecule has 1 aromatic carbocycles. The average molecular weight is 296 g/mol. The van der Waals surface area contributed by atoms with Gasteiger partial charge in [0.15, 0.2) is 0 Å². The third kappa shape index (κ3) is 3.17. The fourth-order valence-electron chi connectivity index (χ4n) is 3.01. The normalized spacial score (nSPS) is 26.7. The first-order chi connectivity index (χ1) is 9.43. The molecule has 2 N–H and O–H groups in total. The standard InChI is InChI=1S/C16H26ClN3/c1-11-5-6-14(7-15(11)17)16(8-18)20-9-12(2)19(4)13(3)10-20/h5-7,12-13,16H,8-10,18H2,1-4H3. The van der Waals surface area contributed by atoms with Crippen LogP contribution in [0.1, 0.15) is 31.0 Å². The second kappa shape index (κ2) is 6.44. The maximum atomic E-state index is 6.27. The van der Waals surface area contributed by atoms with Gasteiger partial charge in [0.05, 0.1) is 0 Å². The van der Waals surface area contributed by atoms with E-state index < -0.39 is 0 Å². The van der Waals surface area contributed by atoms with Crippen LogP contribution in [0.4, 0.5) is 0 Å². The van der Waals surface area contributed by atoms with Crippen LogP contribution < -0.4 is 5.73 Å². The van der Waals surface area contributed by atoms with Gasteiger partial charge in [-0.2, -0.15) is 0 Å². The molecule has 4 heteroatoms. The van der Waals surface area contributed by atoms with E-state index in [4.69, 9.17) is 17.3 Å². The highest BCUT2D eigenvalue weighted by molar-refractivity contribution is 6.31. The maximum absolute atomic E-state index is 6.27. The molecule has 3 nitrogen and oxygen atoms in total. The van der Waals surface area contributed by atoms with Crippen LogP contribution in [0.2, 0.25) is 5.02 Å². The minimum Gasteiger partial charge on any atom is -0.329 e. The highest BCUT2D eigenvalue weighted by Crippen LogP contribution is 2.27. The van der Waals surface area contributed by atoms with Gasteiger partial charge in [0, 0.05) is 42.8 Å². The fourth-order valence-corrected chi connectivity index (χ4v) is 3.20. The molecule has 112 valence electrons. The van der Waals surface area contributed by atoms with E-state index >= 15 is 0 Å². The molecule has 1 aromatic rings. The number of halogens is 1. The molecular weight excluding hydrogens is 270 g/mol. The van der Waals surface area contributed by atoms with E-state index in [0.29, 0.717) is 18.6 Å². The quantitative estimate of drug-likeness (QED) is 0.930. The van der Waals surface area contributed by atoms with E-state index in [1.54, 1.807) is 0 Å². The smallest absolute Gasteiger partial charge is 0.0472 e. The van der Waals surface area contributed by atoms with E-state index in [9.17, 15) is 0 Å². The van der Waals surface area contributed by atoms with Crippen LogP contribution in [0.15, 0.2) is 18.2 Å². The number of likely N-dealkylation sites (N-methyl/N-ethyl adjacent to an activating group) is 1. The van der Waals surface area contributed by atoms with Crippen molar-refractivity contribution in [3.8, 4) is 0 Å². The van der Waals surface area contributed by atoms with Gasteiger partial charge >= 0.3 is 0 Å². The summed E-state index contributed by atoms with van der Waals surface area (Å²) in [4.78, 5) is 4.93. The van der Waals surface area contributed by atoms with Gasteiger partial charge in [-0.05, 0) is 45.0 Å². The lowest BCUT2D eigenvalue weighted by Gasteiger charge is -2.45. The molecule has 0 spiro atoms. The number of aryl methyl sites for hydroxylation is 1. The lowest BCUT2D eigenvalue weighted by molar-refractivity contribution is 0.0352. The number of piperazine rings is 1. The molecule has 0 radical (unpaired) electrons. The van der Waals surface area contributed by atoms with Crippen molar-refractivity contribution in [2.45, 2.75) is 38.9 Å². The zero-order chi connectivity index (χ0) is 14.9. The van der Waals surface area contributed by atoms with Gasteiger partial charge < -0.3 is 5.73 Å². The summed E-state index contributed by atoms with van der Waals surface area (Å²) in [7, 11) is 2.20. The molecule has 2 rings (SSSR count). The predicted octanol–water partition coefficient (Wildman–Crippen LogP) is 2.67. The molecule has 1 aliphatic heterocycles. The summed E-state index contributed by atoms with van der Waals surface area (Å²) in [5, 5.41) is 0.830. The van der Waals surface area contributed by atoms with E-state index in [2.05, 4.69) is 48.9 Å². The van der Waals surface area contributed by atoms with Crippen molar-refractivity contribution in [1.29, 1.82) is 0 Å². The van der Waals surface area contributed by atoms with Crippen LogP contribution in [-0.4, -0.2) is 48.6 Å². The minimum atomic E-state index is 0.256. The van der Waals surface area contributed by atoms with Crippen molar-refractivity contribution in [1.82, 2.24) is 9.80 Å². The van der Waals surface area contributed by atoms with Crippen molar-refractivity contribution in [2.24, 2.45) is 5.73 Å². The Morgan fingerprint density at radius 3 is 2.40 bits per heavy atom. The van der Waals surface area contributed by atoms with Crippen LogP contribution >= 0.6 is 11.6 Å². The van der Waals surface area contributed by atoms with E-state index in [-0.39, 0.29) is 6.04 Å². The highest BCUT2D eigenvalue weighted by Gasteiger charge is 2.30. The van der Waals surface area contributed by atoms with Crippen LogP contribution in [0.25, 0.3) is 0 Å². The zero-order valence-electron chi connectivity index (χ0n) is 12.9. The third-order valence-corrected chi connectivity index (χ3v) is 5.04. The number of hydrogen-bond donors (Lipinski definition) is 1. The lowest BCUT2D eigenvalue weighted by Crippen LogP contribution is -2.56. The van der Waals surface area contributed by atoms with E-state index in [1.165, 1.54) is 5.56 Å². The van der Waals surface area contributed by atoms with E-state index in [0.717, 1.165) is 23.7 Å². The molecular formula is C16H26ClN3. The first kappa shape index (κ1) is 15.8. The number of nitrogens with zero attached hydrogens (tertiary/aromatic N) is 2. The van der Waals surface area contributed by atoms with Crippen LogP contribution in [-0.2, 0) is 0 Å². The summed E-state index contributed by atoms with van der Waals surface area (Å²) in [6.45, 7) is 9.31. The first-order valence-corrected chi connectivity index (χ1v) is 7.74. The number of hydrogen-bond acceptors (Lipinski definition) is 3. The highest BCUT2D eigenvalue weighted by atomic mass is 35.5. The van der Waals surface area contributed by atoms with E-state index in [1.807, 2.05) is 6.92 Å². The summed E-state index contributed by atoms with van der Waals surface area (Å²) in [6.07, 6.45) is 0. The Kier molecular flexibility index (Phi) is 5.08. The Labute approximate surface area is 127 Å². The van der Waals surface area contributed by atoms with Gasteiger partial charge in [0.25, 0.3) is 0 Å². The molecule has 1 aliphatic rings. The maximum Gasteiger partial charge on any atom is 0.0472 e. The molecule has 1 fully saturated rings. The molecule has 1 saturated heterocycles. The topological polar surface area (TPSA) is 32.5 Å². The van der Waals surface area contributed by atoms with Gasteiger partial charge in [0.2, 0.25) is 0 Å². The molecule has 1 heterocycles. The molecule has 0 saturated carbocycles. The Balaban J connectivity index is 2.21. The number of rotatable bonds is 3. The van der Waals surface area contributed by atoms with Gasteiger partial charge in [-0.3, -0.25) is 9.80 Å².